The van der Waals surface area contributed by atoms with Gasteiger partial charge < -0.3 is 9.47 Å². The van der Waals surface area contributed by atoms with E-state index in [9.17, 15) is 29.3 Å². The Hall–Kier alpha value is -5.06. The van der Waals surface area contributed by atoms with Crippen LogP contribution >= 0.6 is 0 Å². The number of hydrazine groups is 1. The van der Waals surface area contributed by atoms with E-state index < -0.39 is 41.0 Å². The third kappa shape index (κ3) is 6.38. The van der Waals surface area contributed by atoms with E-state index >= 15 is 0 Å². The molecular weight excluding hydrogens is 494 g/mol. The SMILES string of the molecule is Cc1ccc(C(=O)NN2C[C@@H](C(=O)OCC(=O)c3ccc(Oc4ccc([N+](=O)[O-])cc4)cc3)CC2=O)cc1. The molecule has 3 aromatic carbocycles. The molecule has 194 valence electrons. The zero-order valence-corrected chi connectivity index (χ0v) is 20.3. The molecular formula is C27H23N3O8. The number of nitro groups is 1. The summed E-state index contributed by atoms with van der Waals surface area (Å²) >= 11 is 0. The minimum atomic E-state index is -0.814. The molecule has 2 amide bonds. The summed E-state index contributed by atoms with van der Waals surface area (Å²) in [6.07, 6.45) is -0.143. The van der Waals surface area contributed by atoms with Crippen molar-refractivity contribution in [3.05, 3.63) is 99.6 Å². The third-order valence-electron chi connectivity index (χ3n) is 5.81. The number of carbonyl (C=O) groups excluding carboxylic acids is 4. The zero-order valence-electron chi connectivity index (χ0n) is 20.3. The van der Waals surface area contributed by atoms with Gasteiger partial charge in [0.1, 0.15) is 11.5 Å². The zero-order chi connectivity index (χ0) is 27.2. The highest BCUT2D eigenvalue weighted by Gasteiger charge is 2.36. The Morgan fingerprint density at radius 3 is 2.13 bits per heavy atom. The van der Waals surface area contributed by atoms with Gasteiger partial charge in [0, 0.05) is 29.7 Å². The molecule has 0 spiro atoms. The van der Waals surface area contributed by atoms with Crippen LogP contribution < -0.4 is 10.2 Å². The number of ether oxygens (including phenoxy) is 2. The van der Waals surface area contributed by atoms with Crippen LogP contribution in [0, 0.1) is 23.0 Å². The van der Waals surface area contributed by atoms with Gasteiger partial charge in [-0.2, -0.15) is 0 Å². The third-order valence-corrected chi connectivity index (χ3v) is 5.81. The van der Waals surface area contributed by atoms with E-state index in [4.69, 9.17) is 9.47 Å². The van der Waals surface area contributed by atoms with E-state index in [0.717, 1.165) is 10.6 Å². The summed E-state index contributed by atoms with van der Waals surface area (Å²) in [5.41, 5.74) is 4.09. The van der Waals surface area contributed by atoms with Crippen LogP contribution in [0.3, 0.4) is 0 Å². The molecule has 1 N–H and O–H groups in total. The number of aryl methyl sites for hydroxylation is 1. The van der Waals surface area contributed by atoms with Crippen LogP contribution in [0.25, 0.3) is 0 Å². The standard InChI is InChI=1S/C27H23N3O8/c1-17-2-4-19(5-3-17)26(33)28-29-15-20(14-25(29)32)27(34)37-16-24(31)18-6-10-22(11-7-18)38-23-12-8-21(9-13-23)30(35)36/h2-13,20H,14-16H2,1H3,(H,28,33)/t20-/m0/s1. The van der Waals surface area contributed by atoms with Crippen LogP contribution in [0.5, 0.6) is 11.5 Å². The second-order valence-corrected chi connectivity index (χ2v) is 8.62. The van der Waals surface area contributed by atoms with Crippen molar-refractivity contribution in [1.29, 1.82) is 0 Å². The maximum Gasteiger partial charge on any atom is 0.311 e. The number of non-ortho nitro benzene ring substituents is 1. The molecule has 38 heavy (non-hydrogen) atoms. The molecule has 0 aliphatic carbocycles. The lowest BCUT2D eigenvalue weighted by molar-refractivity contribution is -0.384. The van der Waals surface area contributed by atoms with Crippen molar-refractivity contribution in [3.63, 3.8) is 0 Å². The lowest BCUT2D eigenvalue weighted by Crippen LogP contribution is -2.43. The van der Waals surface area contributed by atoms with Gasteiger partial charge in [0.15, 0.2) is 12.4 Å². The number of Topliss-reactive ketones (excluding diaryl/α,β-unsaturated/α-hetero) is 1. The van der Waals surface area contributed by atoms with E-state index in [2.05, 4.69) is 5.43 Å². The first kappa shape index (κ1) is 26.0. The number of carbonyl (C=O) groups is 4. The van der Waals surface area contributed by atoms with Gasteiger partial charge in [-0.15, -0.1) is 0 Å². The second kappa shape index (κ2) is 11.3. The van der Waals surface area contributed by atoms with Gasteiger partial charge in [-0.25, -0.2) is 0 Å². The average molecular weight is 517 g/mol. The fourth-order valence-electron chi connectivity index (χ4n) is 3.68. The Kier molecular flexibility index (Phi) is 7.76. The minimum Gasteiger partial charge on any atom is -0.457 e. The molecule has 1 aliphatic heterocycles. The highest BCUT2D eigenvalue weighted by Crippen LogP contribution is 2.24. The number of benzene rings is 3. The molecule has 3 aromatic rings. The number of nitrogens with one attached hydrogen (secondary N) is 1. The van der Waals surface area contributed by atoms with Crippen molar-refractivity contribution in [2.45, 2.75) is 13.3 Å². The van der Waals surface area contributed by atoms with Crippen LogP contribution in [0.2, 0.25) is 0 Å². The number of nitrogens with zero attached hydrogens (tertiary/aromatic N) is 2. The smallest absolute Gasteiger partial charge is 0.311 e. The minimum absolute atomic E-state index is 0.0574. The largest absolute Gasteiger partial charge is 0.457 e. The summed E-state index contributed by atoms with van der Waals surface area (Å²) in [7, 11) is 0. The highest BCUT2D eigenvalue weighted by atomic mass is 16.6. The first-order valence-electron chi connectivity index (χ1n) is 11.6. The van der Waals surface area contributed by atoms with Gasteiger partial charge in [0.2, 0.25) is 5.91 Å². The molecule has 0 aromatic heterocycles. The summed E-state index contributed by atoms with van der Waals surface area (Å²) < 4.78 is 10.7. The Morgan fingerprint density at radius 1 is 0.947 bits per heavy atom. The first-order chi connectivity index (χ1) is 18.2. The van der Waals surface area contributed by atoms with E-state index in [1.807, 2.05) is 6.92 Å². The molecule has 1 saturated heterocycles. The molecule has 11 heteroatoms. The number of nitro benzene ring substituents is 1. The van der Waals surface area contributed by atoms with Gasteiger partial charge in [0.25, 0.3) is 11.6 Å². The summed E-state index contributed by atoms with van der Waals surface area (Å²) in [6.45, 7) is 1.32. The van der Waals surface area contributed by atoms with Crippen LogP contribution in [-0.2, 0) is 14.3 Å². The molecule has 0 saturated carbocycles. The first-order valence-corrected chi connectivity index (χ1v) is 11.6. The van der Waals surface area contributed by atoms with Crippen LogP contribution in [-0.4, -0.2) is 46.7 Å². The van der Waals surface area contributed by atoms with Gasteiger partial charge >= 0.3 is 5.97 Å². The van der Waals surface area contributed by atoms with Crippen molar-refractivity contribution in [2.75, 3.05) is 13.2 Å². The lowest BCUT2D eigenvalue weighted by Gasteiger charge is -2.17. The maximum absolute atomic E-state index is 12.5. The van der Waals surface area contributed by atoms with Crippen LogP contribution in [0.4, 0.5) is 5.69 Å². The number of amides is 2. The molecule has 1 aliphatic rings. The topological polar surface area (TPSA) is 145 Å². The average Bonchev–Trinajstić information content (AvgIpc) is 3.28. The van der Waals surface area contributed by atoms with Crippen molar-refractivity contribution < 1.29 is 33.6 Å². The molecule has 11 nitrogen and oxygen atoms in total. The number of hydrogen-bond donors (Lipinski definition) is 1. The van der Waals surface area contributed by atoms with Crippen molar-refractivity contribution >= 4 is 29.3 Å². The Labute approximate surface area is 217 Å². The van der Waals surface area contributed by atoms with Crippen molar-refractivity contribution in [2.24, 2.45) is 5.92 Å². The van der Waals surface area contributed by atoms with Gasteiger partial charge in [-0.1, -0.05) is 17.7 Å². The number of rotatable bonds is 9. The van der Waals surface area contributed by atoms with Crippen molar-refractivity contribution in [1.82, 2.24) is 10.4 Å². The monoisotopic (exact) mass is 517 g/mol. The molecule has 1 atom stereocenters. The molecule has 1 fully saturated rings. The van der Waals surface area contributed by atoms with Gasteiger partial charge in [-0.3, -0.25) is 39.7 Å². The number of ketones is 1. The van der Waals surface area contributed by atoms with Crippen LogP contribution in [0.15, 0.2) is 72.8 Å². The highest BCUT2D eigenvalue weighted by molar-refractivity contribution is 5.99. The fourth-order valence-corrected chi connectivity index (χ4v) is 3.68. The Morgan fingerprint density at radius 2 is 1.53 bits per heavy atom. The van der Waals surface area contributed by atoms with E-state index in [0.29, 0.717) is 17.1 Å². The molecule has 0 radical (unpaired) electrons. The second-order valence-electron chi connectivity index (χ2n) is 8.62. The van der Waals surface area contributed by atoms with Crippen molar-refractivity contribution in [3.8, 4) is 11.5 Å². The maximum atomic E-state index is 12.5. The molecule has 0 bridgehead atoms. The normalized spacial score (nSPS) is 14.6. The molecule has 1 heterocycles. The molecule has 4 rings (SSSR count). The van der Waals surface area contributed by atoms with E-state index in [1.54, 1.807) is 36.4 Å². The van der Waals surface area contributed by atoms with E-state index in [1.165, 1.54) is 36.4 Å². The quantitative estimate of drug-likeness (QED) is 0.196. The summed E-state index contributed by atoms with van der Waals surface area (Å²) in [6, 6.07) is 18.5. The summed E-state index contributed by atoms with van der Waals surface area (Å²) in [5.74, 6) is -2.08. The Bertz CT molecular complexity index is 1370. The van der Waals surface area contributed by atoms with Gasteiger partial charge in [0.05, 0.1) is 17.4 Å². The summed E-state index contributed by atoms with van der Waals surface area (Å²) in [4.78, 5) is 59.8. The number of hydrogen-bond acceptors (Lipinski definition) is 8. The summed E-state index contributed by atoms with van der Waals surface area (Å²) in [5, 5.41) is 11.8. The number of esters is 1. The predicted octanol–water partition coefficient (Wildman–Crippen LogP) is 3.61. The van der Waals surface area contributed by atoms with Gasteiger partial charge in [-0.05, 0) is 55.5 Å². The predicted molar refractivity (Wildman–Crippen MR) is 133 cm³/mol. The Balaban J connectivity index is 1.25. The lowest BCUT2D eigenvalue weighted by atomic mass is 10.1. The fraction of sp³-hybridized carbons (Fsp3) is 0.185. The van der Waals surface area contributed by atoms with Crippen LogP contribution in [0.1, 0.15) is 32.7 Å². The van der Waals surface area contributed by atoms with E-state index in [-0.39, 0.29) is 24.2 Å². The molecule has 0 unspecified atom stereocenters.